The van der Waals surface area contributed by atoms with Crippen LogP contribution in [0.3, 0.4) is 0 Å². The van der Waals surface area contributed by atoms with Crippen LogP contribution in [0.2, 0.25) is 0 Å². The molecule has 2 N–H and O–H groups in total. The van der Waals surface area contributed by atoms with Crippen molar-refractivity contribution in [1.29, 1.82) is 0 Å². The highest BCUT2D eigenvalue weighted by Crippen LogP contribution is 2.53. The van der Waals surface area contributed by atoms with Crippen LogP contribution in [0.4, 0.5) is 0 Å². The van der Waals surface area contributed by atoms with Crippen LogP contribution in [-0.2, 0) is 19.1 Å². The number of aliphatic hydroxyl groups is 2. The quantitative estimate of drug-likeness (QED) is 0.575. The lowest BCUT2D eigenvalue weighted by Gasteiger charge is -2.29. The van der Waals surface area contributed by atoms with E-state index < -0.39 is 42.3 Å². The number of hydrogen-bond donors (Lipinski definition) is 2. The van der Waals surface area contributed by atoms with Gasteiger partial charge in [-0.3, -0.25) is 4.79 Å². The highest BCUT2D eigenvalue weighted by atomic mass is 16.6. The van der Waals surface area contributed by atoms with Crippen molar-refractivity contribution in [2.24, 2.45) is 17.8 Å². The number of carbonyl (C=O) groups excluding carboxylic acids is 2. The first-order valence-corrected chi connectivity index (χ1v) is 7.87. The predicted octanol–water partition coefficient (Wildman–Crippen LogP) is 0.725. The molecule has 0 unspecified atom stereocenters. The second-order valence-electron chi connectivity index (χ2n) is 6.84. The number of allylic oxidation sites excluding steroid dienone is 1. The van der Waals surface area contributed by atoms with Crippen molar-refractivity contribution in [2.75, 3.05) is 6.61 Å². The van der Waals surface area contributed by atoms with Gasteiger partial charge in [0.1, 0.15) is 12.7 Å². The van der Waals surface area contributed by atoms with Crippen LogP contribution in [0.1, 0.15) is 26.2 Å². The number of carbonyl (C=O) groups is 2. The maximum Gasteiger partial charge on any atom is 0.342 e. The minimum absolute atomic E-state index is 0.00336. The molecule has 0 aromatic rings. The maximum atomic E-state index is 12.3. The zero-order valence-electron chi connectivity index (χ0n) is 13.2. The van der Waals surface area contributed by atoms with Crippen LogP contribution in [0.5, 0.6) is 0 Å². The molecule has 0 spiro atoms. The summed E-state index contributed by atoms with van der Waals surface area (Å²) < 4.78 is 10.4. The van der Waals surface area contributed by atoms with Crippen molar-refractivity contribution in [3.05, 3.63) is 24.3 Å². The zero-order chi connectivity index (χ0) is 16.9. The van der Waals surface area contributed by atoms with Crippen molar-refractivity contribution in [2.45, 2.75) is 44.0 Å². The maximum absolute atomic E-state index is 12.3. The topological polar surface area (TPSA) is 93.1 Å². The third kappa shape index (κ3) is 2.40. The second kappa shape index (κ2) is 5.46. The first kappa shape index (κ1) is 16.2. The molecule has 1 aliphatic heterocycles. The minimum atomic E-state index is -1.85. The Hall–Kier alpha value is -1.66. The number of aliphatic hydroxyl groups excluding tert-OH is 1. The second-order valence-corrected chi connectivity index (χ2v) is 6.84. The molecule has 1 saturated heterocycles. The molecule has 0 aromatic heterocycles. The summed E-state index contributed by atoms with van der Waals surface area (Å²) in [6, 6.07) is 0. The van der Waals surface area contributed by atoms with Crippen molar-refractivity contribution in [3.8, 4) is 0 Å². The van der Waals surface area contributed by atoms with Gasteiger partial charge in [0, 0.05) is 18.8 Å². The molecule has 6 heteroatoms. The Balaban J connectivity index is 1.93. The molecule has 2 saturated carbocycles. The number of hydrogen-bond acceptors (Lipinski definition) is 6. The highest BCUT2D eigenvalue weighted by Gasteiger charge is 2.62. The first-order chi connectivity index (χ1) is 10.8. The van der Waals surface area contributed by atoms with Crippen molar-refractivity contribution >= 4 is 11.9 Å². The minimum Gasteiger partial charge on any atom is -0.462 e. The fourth-order valence-electron chi connectivity index (χ4n) is 4.24. The average molecular weight is 322 g/mol. The molecule has 6 atom stereocenters. The average Bonchev–Trinajstić information content (AvgIpc) is 2.85. The summed E-state index contributed by atoms with van der Waals surface area (Å²) in [6.07, 6.45) is 0.439. The fourth-order valence-corrected chi connectivity index (χ4v) is 4.24. The lowest BCUT2D eigenvalue weighted by molar-refractivity contribution is -0.166. The molecule has 6 nitrogen and oxygen atoms in total. The summed E-state index contributed by atoms with van der Waals surface area (Å²) in [6.45, 7) is 8.86. The third-order valence-corrected chi connectivity index (χ3v) is 5.52. The fraction of sp³-hybridized carbons (Fsp3) is 0.647. The van der Waals surface area contributed by atoms with E-state index in [-0.39, 0.29) is 11.8 Å². The van der Waals surface area contributed by atoms with Crippen molar-refractivity contribution in [3.63, 3.8) is 0 Å². The highest BCUT2D eigenvalue weighted by molar-refractivity contribution is 5.83. The van der Waals surface area contributed by atoms with E-state index in [4.69, 9.17) is 9.47 Å². The molecule has 2 aliphatic carbocycles. The summed E-state index contributed by atoms with van der Waals surface area (Å²) in [4.78, 5) is 23.3. The number of esters is 2. The van der Waals surface area contributed by atoms with E-state index in [2.05, 4.69) is 13.2 Å². The van der Waals surface area contributed by atoms with Gasteiger partial charge < -0.3 is 19.7 Å². The molecule has 0 aromatic carbocycles. The van der Waals surface area contributed by atoms with Crippen LogP contribution in [0, 0.1) is 17.8 Å². The monoisotopic (exact) mass is 322 g/mol. The van der Waals surface area contributed by atoms with Gasteiger partial charge in [0.25, 0.3) is 0 Å². The molecule has 23 heavy (non-hydrogen) atoms. The third-order valence-electron chi connectivity index (χ3n) is 5.52. The van der Waals surface area contributed by atoms with E-state index in [0.29, 0.717) is 24.8 Å². The molecule has 0 bridgehead atoms. The van der Waals surface area contributed by atoms with Gasteiger partial charge in [-0.25, -0.2) is 4.79 Å². The Morgan fingerprint density at radius 2 is 2.17 bits per heavy atom. The summed E-state index contributed by atoms with van der Waals surface area (Å²) in [5.74, 6) is -2.10. The lowest BCUT2D eigenvalue weighted by atomic mass is 9.78. The van der Waals surface area contributed by atoms with Crippen LogP contribution in [0.25, 0.3) is 0 Å². The molecule has 126 valence electrons. The van der Waals surface area contributed by atoms with Crippen LogP contribution in [0.15, 0.2) is 24.3 Å². The standard InChI is InChI=1S/C17H22O6/c1-8-4-5-12-15(14-9(2)13(19)6-11(8)14)23-16(20)17(12,21)7-22-10(3)18/h11-15,19,21H,1-2,4-7H2,3H3/t11-,12-,13+,14-,15+,17+/m1/s1. The molecule has 3 fully saturated rings. The predicted molar refractivity (Wildman–Crippen MR) is 80.1 cm³/mol. The Bertz CT molecular complexity index is 582. The Morgan fingerprint density at radius 1 is 1.48 bits per heavy atom. The molecule has 0 radical (unpaired) electrons. The van der Waals surface area contributed by atoms with Gasteiger partial charge in [0.05, 0.1) is 6.10 Å². The Morgan fingerprint density at radius 3 is 2.83 bits per heavy atom. The van der Waals surface area contributed by atoms with E-state index >= 15 is 0 Å². The van der Waals surface area contributed by atoms with Gasteiger partial charge in [-0.1, -0.05) is 18.7 Å². The van der Waals surface area contributed by atoms with Gasteiger partial charge in [-0.2, -0.15) is 0 Å². The van der Waals surface area contributed by atoms with Gasteiger partial charge in [0.2, 0.25) is 5.60 Å². The summed E-state index contributed by atoms with van der Waals surface area (Å²) in [5.41, 5.74) is -0.246. The summed E-state index contributed by atoms with van der Waals surface area (Å²) >= 11 is 0. The van der Waals surface area contributed by atoms with Gasteiger partial charge in [0.15, 0.2) is 0 Å². The summed E-state index contributed by atoms with van der Waals surface area (Å²) in [5, 5.41) is 20.9. The Kier molecular flexibility index (Phi) is 3.84. The van der Waals surface area contributed by atoms with E-state index in [9.17, 15) is 19.8 Å². The van der Waals surface area contributed by atoms with E-state index in [1.807, 2.05) is 0 Å². The SMILES string of the molecule is C=C1CC[C@@H]2[C@H](OC(=O)[C@]2(O)COC(C)=O)[C@@H]2C(=C)[C@@H](O)C[C@H]12. The van der Waals surface area contributed by atoms with Crippen molar-refractivity contribution in [1.82, 2.24) is 0 Å². The normalized spacial score (nSPS) is 42.7. The van der Waals surface area contributed by atoms with Crippen LogP contribution < -0.4 is 0 Å². The smallest absolute Gasteiger partial charge is 0.342 e. The lowest BCUT2D eigenvalue weighted by Crippen LogP contribution is -2.47. The van der Waals surface area contributed by atoms with E-state index in [1.54, 1.807) is 0 Å². The first-order valence-electron chi connectivity index (χ1n) is 7.87. The van der Waals surface area contributed by atoms with Crippen molar-refractivity contribution < 1.29 is 29.3 Å². The molecule has 1 heterocycles. The molecule has 0 amide bonds. The number of fused-ring (bicyclic) bond motifs is 3. The largest absolute Gasteiger partial charge is 0.462 e. The van der Waals surface area contributed by atoms with Crippen LogP contribution >= 0.6 is 0 Å². The van der Waals surface area contributed by atoms with E-state index in [1.165, 1.54) is 6.92 Å². The van der Waals surface area contributed by atoms with Gasteiger partial charge >= 0.3 is 11.9 Å². The van der Waals surface area contributed by atoms with Gasteiger partial charge in [-0.05, 0) is 30.8 Å². The number of rotatable bonds is 2. The molecular weight excluding hydrogens is 300 g/mol. The Labute approximate surface area is 134 Å². The van der Waals surface area contributed by atoms with Crippen LogP contribution in [-0.4, -0.2) is 46.6 Å². The van der Waals surface area contributed by atoms with E-state index in [0.717, 1.165) is 5.57 Å². The molecular formula is C17H22O6. The molecule has 3 rings (SSSR count). The number of ether oxygens (including phenoxy) is 2. The zero-order valence-corrected chi connectivity index (χ0v) is 13.2. The summed E-state index contributed by atoms with van der Waals surface area (Å²) in [7, 11) is 0. The molecule has 3 aliphatic rings. The van der Waals surface area contributed by atoms with Gasteiger partial charge in [-0.15, -0.1) is 0 Å².